The molecule has 0 saturated carbocycles. The first-order chi connectivity index (χ1) is 7.12. The third-order valence-electron chi connectivity index (χ3n) is 3.33. The molecule has 0 amide bonds. The lowest BCUT2D eigenvalue weighted by Gasteiger charge is -2.28. The largest absolute Gasteiger partial charge is 0.381 e. The van der Waals surface area contributed by atoms with Gasteiger partial charge in [0, 0.05) is 0 Å². The number of hydrogen-bond donors (Lipinski definition) is 1. The summed E-state index contributed by atoms with van der Waals surface area (Å²) in [6, 6.07) is 6.23. The van der Waals surface area contributed by atoms with Gasteiger partial charge >= 0.3 is 0 Å². The van der Waals surface area contributed by atoms with Crippen LogP contribution in [-0.2, 0) is 5.60 Å². The van der Waals surface area contributed by atoms with Gasteiger partial charge in [-0.1, -0.05) is 30.4 Å². The summed E-state index contributed by atoms with van der Waals surface area (Å²) in [5.74, 6) is 0. The van der Waals surface area contributed by atoms with Gasteiger partial charge < -0.3 is 5.11 Å². The summed E-state index contributed by atoms with van der Waals surface area (Å²) in [6.45, 7) is 4.19. The first-order valence-electron chi connectivity index (χ1n) is 5.60. The van der Waals surface area contributed by atoms with Gasteiger partial charge in [-0.25, -0.2) is 0 Å². The van der Waals surface area contributed by atoms with Gasteiger partial charge in [0.25, 0.3) is 0 Å². The predicted molar refractivity (Wildman–Crippen MR) is 62.8 cm³/mol. The Morgan fingerprint density at radius 2 is 2.00 bits per heavy atom. The fourth-order valence-electron chi connectivity index (χ4n) is 2.10. The Labute approximate surface area is 91.4 Å². The molecule has 1 aliphatic carbocycles. The molecule has 1 aliphatic rings. The fraction of sp³-hybridized carbons (Fsp3) is 0.429. The third-order valence-corrected chi connectivity index (χ3v) is 3.33. The number of aliphatic hydroxyl groups is 1. The Hall–Kier alpha value is -1.08. The average Bonchev–Trinajstić information content (AvgIpc) is 2.23. The van der Waals surface area contributed by atoms with Crippen LogP contribution in [0.5, 0.6) is 0 Å². The van der Waals surface area contributed by atoms with E-state index in [1.54, 1.807) is 0 Å². The van der Waals surface area contributed by atoms with Gasteiger partial charge in [0.2, 0.25) is 0 Å². The van der Waals surface area contributed by atoms with Crippen molar-refractivity contribution in [3.63, 3.8) is 0 Å². The van der Waals surface area contributed by atoms with Crippen molar-refractivity contribution in [3.05, 3.63) is 47.0 Å². The van der Waals surface area contributed by atoms with Crippen molar-refractivity contribution in [2.24, 2.45) is 0 Å². The summed E-state index contributed by atoms with van der Waals surface area (Å²) in [7, 11) is 0. The zero-order chi connectivity index (χ0) is 10.9. The second kappa shape index (κ2) is 3.82. The molecule has 1 unspecified atom stereocenters. The molecule has 1 heteroatoms. The van der Waals surface area contributed by atoms with Crippen molar-refractivity contribution in [2.45, 2.75) is 38.7 Å². The monoisotopic (exact) mass is 202 g/mol. The Kier molecular flexibility index (Phi) is 2.66. The minimum absolute atomic E-state index is 0.725. The quantitative estimate of drug-likeness (QED) is 0.693. The van der Waals surface area contributed by atoms with E-state index in [9.17, 15) is 5.11 Å². The topological polar surface area (TPSA) is 20.2 Å². The fourth-order valence-corrected chi connectivity index (χ4v) is 2.10. The highest BCUT2D eigenvalue weighted by molar-refractivity contribution is 5.36. The summed E-state index contributed by atoms with van der Waals surface area (Å²) >= 11 is 0. The van der Waals surface area contributed by atoms with Crippen molar-refractivity contribution in [2.75, 3.05) is 0 Å². The molecule has 80 valence electrons. The molecule has 0 heterocycles. The maximum Gasteiger partial charge on any atom is 0.108 e. The molecule has 1 N–H and O–H groups in total. The van der Waals surface area contributed by atoms with Crippen LogP contribution in [0.25, 0.3) is 0 Å². The van der Waals surface area contributed by atoms with Crippen LogP contribution in [0, 0.1) is 13.8 Å². The van der Waals surface area contributed by atoms with E-state index in [1.807, 2.05) is 12.1 Å². The van der Waals surface area contributed by atoms with Crippen molar-refractivity contribution in [1.29, 1.82) is 0 Å². The summed E-state index contributed by atoms with van der Waals surface area (Å²) in [5, 5.41) is 10.5. The minimum Gasteiger partial charge on any atom is -0.381 e. The van der Waals surface area contributed by atoms with E-state index >= 15 is 0 Å². The molecule has 0 aliphatic heterocycles. The van der Waals surface area contributed by atoms with Crippen LogP contribution >= 0.6 is 0 Å². The first-order valence-corrected chi connectivity index (χ1v) is 5.60. The molecule has 0 bridgehead atoms. The smallest absolute Gasteiger partial charge is 0.108 e. The summed E-state index contributed by atoms with van der Waals surface area (Å²) < 4.78 is 0. The van der Waals surface area contributed by atoms with Gasteiger partial charge in [0.1, 0.15) is 5.60 Å². The van der Waals surface area contributed by atoms with Crippen LogP contribution in [0.1, 0.15) is 36.0 Å². The molecule has 15 heavy (non-hydrogen) atoms. The Morgan fingerprint density at radius 3 is 2.60 bits per heavy atom. The van der Waals surface area contributed by atoms with Crippen LogP contribution in [0.3, 0.4) is 0 Å². The zero-order valence-electron chi connectivity index (χ0n) is 9.46. The molecule has 1 atom stereocenters. The second-order valence-electron chi connectivity index (χ2n) is 4.52. The maximum absolute atomic E-state index is 10.5. The molecule has 0 radical (unpaired) electrons. The summed E-state index contributed by atoms with van der Waals surface area (Å²) in [4.78, 5) is 0. The predicted octanol–water partition coefficient (Wildman–Crippen LogP) is 3.23. The van der Waals surface area contributed by atoms with E-state index in [0.717, 1.165) is 24.8 Å². The zero-order valence-corrected chi connectivity index (χ0v) is 9.46. The maximum atomic E-state index is 10.5. The molecule has 0 saturated heterocycles. The molecule has 0 aromatic heterocycles. The first kappa shape index (κ1) is 10.4. The molecule has 1 aromatic rings. The van der Waals surface area contributed by atoms with E-state index in [4.69, 9.17) is 0 Å². The standard InChI is InChI=1S/C14H18O/c1-11-6-7-13(10-12(11)2)14(15)8-4-3-5-9-14/h4,6-8,10,15H,3,5,9H2,1-2H3. The van der Waals surface area contributed by atoms with Gasteiger partial charge in [0.15, 0.2) is 0 Å². The van der Waals surface area contributed by atoms with Crippen LogP contribution < -0.4 is 0 Å². The molecule has 0 fully saturated rings. The highest BCUT2D eigenvalue weighted by Gasteiger charge is 2.27. The van der Waals surface area contributed by atoms with E-state index < -0.39 is 5.60 Å². The number of hydrogen-bond acceptors (Lipinski definition) is 1. The van der Waals surface area contributed by atoms with Crippen LogP contribution in [0.2, 0.25) is 0 Å². The molecule has 0 spiro atoms. The average molecular weight is 202 g/mol. The van der Waals surface area contributed by atoms with E-state index in [2.05, 4.69) is 32.1 Å². The van der Waals surface area contributed by atoms with Gasteiger partial charge in [-0.15, -0.1) is 0 Å². The summed E-state index contributed by atoms with van der Waals surface area (Å²) in [5.41, 5.74) is 2.83. The van der Waals surface area contributed by atoms with Gasteiger partial charge in [-0.3, -0.25) is 0 Å². The van der Waals surface area contributed by atoms with E-state index in [0.29, 0.717) is 0 Å². The highest BCUT2D eigenvalue weighted by atomic mass is 16.3. The Morgan fingerprint density at radius 1 is 1.20 bits per heavy atom. The lowest BCUT2D eigenvalue weighted by atomic mass is 9.83. The van der Waals surface area contributed by atoms with Crippen molar-refractivity contribution in [3.8, 4) is 0 Å². The lowest BCUT2D eigenvalue weighted by molar-refractivity contribution is 0.0725. The van der Waals surface area contributed by atoms with Crippen LogP contribution in [0.15, 0.2) is 30.4 Å². The molecule has 1 nitrogen and oxygen atoms in total. The van der Waals surface area contributed by atoms with Gasteiger partial charge in [0.05, 0.1) is 0 Å². The lowest BCUT2D eigenvalue weighted by Crippen LogP contribution is -2.24. The number of aryl methyl sites for hydroxylation is 2. The van der Waals surface area contributed by atoms with Crippen molar-refractivity contribution < 1.29 is 5.11 Å². The number of benzene rings is 1. The number of rotatable bonds is 1. The Balaban J connectivity index is 2.40. The van der Waals surface area contributed by atoms with Crippen LogP contribution in [-0.4, -0.2) is 5.11 Å². The normalized spacial score (nSPS) is 25.5. The summed E-state index contributed by atoms with van der Waals surface area (Å²) in [6.07, 6.45) is 7.03. The SMILES string of the molecule is Cc1ccc(C2(O)C=CCCC2)cc1C. The minimum atomic E-state index is -0.725. The third kappa shape index (κ3) is 1.98. The van der Waals surface area contributed by atoms with Crippen LogP contribution in [0.4, 0.5) is 0 Å². The molecular weight excluding hydrogens is 184 g/mol. The van der Waals surface area contributed by atoms with E-state index in [1.165, 1.54) is 11.1 Å². The highest BCUT2D eigenvalue weighted by Crippen LogP contribution is 2.33. The van der Waals surface area contributed by atoms with E-state index in [-0.39, 0.29) is 0 Å². The number of allylic oxidation sites excluding steroid dienone is 1. The van der Waals surface area contributed by atoms with Crippen molar-refractivity contribution in [1.82, 2.24) is 0 Å². The molecule has 2 rings (SSSR count). The van der Waals surface area contributed by atoms with Gasteiger partial charge in [-0.05, 0) is 49.8 Å². The Bertz CT molecular complexity index is 392. The van der Waals surface area contributed by atoms with Crippen molar-refractivity contribution >= 4 is 0 Å². The second-order valence-corrected chi connectivity index (χ2v) is 4.52. The molecule has 1 aromatic carbocycles. The van der Waals surface area contributed by atoms with Gasteiger partial charge in [-0.2, -0.15) is 0 Å². The molecular formula is C14H18O.